The molecule has 98 valence electrons. The third-order valence-corrected chi connectivity index (χ3v) is 4.66. The third kappa shape index (κ3) is 2.32. The van der Waals surface area contributed by atoms with E-state index in [9.17, 15) is 4.79 Å². The number of halogens is 1. The molecule has 0 aliphatic heterocycles. The van der Waals surface area contributed by atoms with Gasteiger partial charge in [-0.2, -0.15) is 5.10 Å². The number of hydrogen-bond acceptors (Lipinski definition) is 4. The number of nitrogens with zero attached hydrogens (tertiary/aromatic N) is 3. The SMILES string of the molecule is Cc1sc2nc(Cn3cc(I)cn3)[nH]c(=O)c2c1C. The van der Waals surface area contributed by atoms with E-state index in [1.807, 2.05) is 20.0 Å². The molecule has 3 heterocycles. The molecule has 0 radical (unpaired) electrons. The molecule has 0 saturated carbocycles. The van der Waals surface area contributed by atoms with Gasteiger partial charge in [-0.05, 0) is 42.0 Å². The van der Waals surface area contributed by atoms with Crippen molar-refractivity contribution in [1.29, 1.82) is 0 Å². The van der Waals surface area contributed by atoms with Gasteiger partial charge in [0.05, 0.1) is 21.7 Å². The van der Waals surface area contributed by atoms with Crippen molar-refractivity contribution in [2.45, 2.75) is 20.4 Å². The van der Waals surface area contributed by atoms with Crippen LogP contribution in [0.4, 0.5) is 0 Å². The fraction of sp³-hybridized carbons (Fsp3) is 0.250. The molecule has 0 spiro atoms. The summed E-state index contributed by atoms with van der Waals surface area (Å²) in [6.45, 7) is 4.45. The molecule has 0 bridgehead atoms. The van der Waals surface area contributed by atoms with E-state index >= 15 is 0 Å². The van der Waals surface area contributed by atoms with Crippen LogP contribution < -0.4 is 5.56 Å². The van der Waals surface area contributed by atoms with E-state index < -0.39 is 0 Å². The summed E-state index contributed by atoms with van der Waals surface area (Å²) in [7, 11) is 0. The quantitative estimate of drug-likeness (QED) is 0.689. The minimum atomic E-state index is -0.0660. The smallest absolute Gasteiger partial charge is 0.259 e. The highest BCUT2D eigenvalue weighted by atomic mass is 127. The van der Waals surface area contributed by atoms with Gasteiger partial charge in [0, 0.05) is 11.1 Å². The lowest BCUT2D eigenvalue weighted by atomic mass is 10.2. The summed E-state index contributed by atoms with van der Waals surface area (Å²) in [6, 6.07) is 0. The highest BCUT2D eigenvalue weighted by molar-refractivity contribution is 14.1. The first-order valence-corrected chi connectivity index (χ1v) is 7.61. The first kappa shape index (κ1) is 12.8. The second kappa shape index (κ2) is 4.71. The normalized spacial score (nSPS) is 11.3. The van der Waals surface area contributed by atoms with Crippen LogP contribution in [0.5, 0.6) is 0 Å². The topological polar surface area (TPSA) is 63.6 Å². The molecule has 7 heteroatoms. The molecule has 1 N–H and O–H groups in total. The summed E-state index contributed by atoms with van der Waals surface area (Å²) >= 11 is 3.76. The summed E-state index contributed by atoms with van der Waals surface area (Å²) in [5.41, 5.74) is 0.956. The predicted molar refractivity (Wildman–Crippen MR) is 83.8 cm³/mol. The summed E-state index contributed by atoms with van der Waals surface area (Å²) in [5.74, 6) is 0.637. The summed E-state index contributed by atoms with van der Waals surface area (Å²) in [5, 5.41) is 4.90. The van der Waals surface area contributed by atoms with Gasteiger partial charge in [0.25, 0.3) is 5.56 Å². The average molecular weight is 386 g/mol. The monoisotopic (exact) mass is 386 g/mol. The molecule has 3 aromatic rings. The molecule has 0 fully saturated rings. The molecule has 5 nitrogen and oxygen atoms in total. The standard InChI is InChI=1S/C12H11IN4OS/c1-6-7(2)19-12-10(6)11(18)15-9(16-12)5-17-4-8(13)3-14-17/h3-4H,5H2,1-2H3,(H,15,16,18). The van der Waals surface area contributed by atoms with Crippen molar-refractivity contribution < 1.29 is 0 Å². The Balaban J connectivity index is 2.08. The van der Waals surface area contributed by atoms with E-state index in [-0.39, 0.29) is 5.56 Å². The van der Waals surface area contributed by atoms with Crippen molar-refractivity contribution in [2.75, 3.05) is 0 Å². The van der Waals surface area contributed by atoms with Gasteiger partial charge in [-0.25, -0.2) is 4.98 Å². The van der Waals surface area contributed by atoms with Gasteiger partial charge in [0.15, 0.2) is 0 Å². The van der Waals surface area contributed by atoms with E-state index in [1.165, 1.54) is 0 Å². The van der Waals surface area contributed by atoms with Gasteiger partial charge >= 0.3 is 0 Å². The van der Waals surface area contributed by atoms with Crippen molar-refractivity contribution in [1.82, 2.24) is 19.7 Å². The van der Waals surface area contributed by atoms with Crippen molar-refractivity contribution in [3.63, 3.8) is 0 Å². The van der Waals surface area contributed by atoms with Crippen molar-refractivity contribution >= 4 is 44.1 Å². The van der Waals surface area contributed by atoms with Gasteiger partial charge in [0.2, 0.25) is 0 Å². The van der Waals surface area contributed by atoms with Gasteiger partial charge in [0.1, 0.15) is 10.7 Å². The van der Waals surface area contributed by atoms with Crippen LogP contribution in [0.3, 0.4) is 0 Å². The Morgan fingerprint density at radius 3 is 2.95 bits per heavy atom. The van der Waals surface area contributed by atoms with Crippen LogP contribution >= 0.6 is 33.9 Å². The lowest BCUT2D eigenvalue weighted by Crippen LogP contribution is -2.14. The Labute approximate surface area is 126 Å². The molecule has 0 aliphatic rings. The predicted octanol–water partition coefficient (Wildman–Crippen LogP) is 2.45. The van der Waals surface area contributed by atoms with Crippen LogP contribution in [0.15, 0.2) is 17.2 Å². The van der Waals surface area contributed by atoms with Gasteiger partial charge in [-0.15, -0.1) is 11.3 Å². The van der Waals surface area contributed by atoms with Crippen LogP contribution in [0.25, 0.3) is 10.2 Å². The Bertz CT molecular complexity index is 817. The van der Waals surface area contributed by atoms with Crippen molar-refractivity contribution in [2.24, 2.45) is 0 Å². The molecule has 0 unspecified atom stereocenters. The molecule has 0 aliphatic carbocycles. The Hall–Kier alpha value is -1.22. The first-order valence-electron chi connectivity index (χ1n) is 5.71. The summed E-state index contributed by atoms with van der Waals surface area (Å²) in [4.78, 5) is 21.4. The largest absolute Gasteiger partial charge is 0.308 e. The number of aryl methyl sites for hydroxylation is 2. The number of H-pyrrole nitrogens is 1. The third-order valence-electron chi connectivity index (χ3n) is 3.00. The Morgan fingerprint density at radius 1 is 1.47 bits per heavy atom. The molecule has 0 atom stereocenters. The van der Waals surface area contributed by atoms with E-state index in [4.69, 9.17) is 0 Å². The minimum Gasteiger partial charge on any atom is -0.308 e. The maximum atomic E-state index is 12.1. The Morgan fingerprint density at radius 2 is 2.26 bits per heavy atom. The molecule has 19 heavy (non-hydrogen) atoms. The van der Waals surface area contributed by atoms with Gasteiger partial charge in [-0.3, -0.25) is 9.48 Å². The minimum absolute atomic E-state index is 0.0660. The highest BCUT2D eigenvalue weighted by Gasteiger charge is 2.12. The van der Waals surface area contributed by atoms with E-state index in [1.54, 1.807) is 22.2 Å². The van der Waals surface area contributed by atoms with Crippen LogP contribution in [-0.2, 0) is 6.54 Å². The second-order valence-corrected chi connectivity index (χ2v) is 6.78. The lowest BCUT2D eigenvalue weighted by Gasteiger charge is -2.01. The van der Waals surface area contributed by atoms with Gasteiger partial charge < -0.3 is 4.98 Å². The van der Waals surface area contributed by atoms with Crippen molar-refractivity contribution in [3.05, 3.63) is 42.6 Å². The van der Waals surface area contributed by atoms with E-state index in [0.717, 1.165) is 18.8 Å². The number of fused-ring (bicyclic) bond motifs is 1. The van der Waals surface area contributed by atoms with E-state index in [0.29, 0.717) is 17.8 Å². The number of nitrogens with one attached hydrogen (secondary N) is 1. The fourth-order valence-corrected chi connectivity index (χ4v) is 3.45. The van der Waals surface area contributed by atoms with Crippen LogP contribution in [0.2, 0.25) is 0 Å². The molecule has 3 rings (SSSR count). The summed E-state index contributed by atoms with van der Waals surface area (Å²) in [6.07, 6.45) is 3.69. The zero-order chi connectivity index (χ0) is 13.6. The first-order chi connectivity index (χ1) is 9.04. The number of hydrogen-bond donors (Lipinski definition) is 1. The molecule has 3 aromatic heterocycles. The Kier molecular flexibility index (Phi) is 3.17. The highest BCUT2D eigenvalue weighted by Crippen LogP contribution is 2.25. The molecule has 0 saturated heterocycles. The number of thiophene rings is 1. The molecular weight excluding hydrogens is 375 g/mol. The van der Waals surface area contributed by atoms with Gasteiger partial charge in [-0.1, -0.05) is 0 Å². The lowest BCUT2D eigenvalue weighted by molar-refractivity contribution is 0.656. The number of rotatable bonds is 2. The second-order valence-electron chi connectivity index (χ2n) is 4.33. The fourth-order valence-electron chi connectivity index (χ4n) is 1.95. The maximum absolute atomic E-state index is 12.1. The van der Waals surface area contributed by atoms with E-state index in [2.05, 4.69) is 37.7 Å². The number of aromatic amines is 1. The zero-order valence-corrected chi connectivity index (χ0v) is 13.4. The van der Waals surface area contributed by atoms with Crippen molar-refractivity contribution in [3.8, 4) is 0 Å². The maximum Gasteiger partial charge on any atom is 0.259 e. The zero-order valence-electron chi connectivity index (χ0n) is 10.4. The number of aromatic nitrogens is 4. The summed E-state index contributed by atoms with van der Waals surface area (Å²) < 4.78 is 2.82. The molecular formula is C12H11IN4OS. The molecule has 0 amide bonds. The molecule has 0 aromatic carbocycles. The van der Waals surface area contributed by atoms with Crippen LogP contribution in [0.1, 0.15) is 16.3 Å². The van der Waals surface area contributed by atoms with Crippen LogP contribution in [0, 0.1) is 17.4 Å². The van der Waals surface area contributed by atoms with Crippen LogP contribution in [-0.4, -0.2) is 19.7 Å². The average Bonchev–Trinajstić information content (AvgIpc) is 2.85.